The van der Waals surface area contributed by atoms with Crippen molar-refractivity contribution >= 4 is 21.9 Å². The number of benzene rings is 1. The van der Waals surface area contributed by atoms with E-state index in [0.29, 0.717) is 37.1 Å². The van der Waals surface area contributed by atoms with Crippen LogP contribution in [-0.4, -0.2) is 48.8 Å². The number of nitrogens with zero attached hydrogens (tertiary/aromatic N) is 1. The fourth-order valence-electron chi connectivity index (χ4n) is 3.27. The van der Waals surface area contributed by atoms with Gasteiger partial charge in [0, 0.05) is 31.1 Å². The Balaban J connectivity index is 2.10. The fourth-order valence-corrected chi connectivity index (χ4v) is 5.00. The first-order valence-corrected chi connectivity index (χ1v) is 10.8. The highest BCUT2D eigenvalue weighted by atomic mass is 32.2. The number of nitrogens with one attached hydrogen (secondary N) is 1. The number of sulfonamides is 1. The van der Waals surface area contributed by atoms with Crippen molar-refractivity contribution in [1.82, 2.24) is 9.62 Å². The van der Waals surface area contributed by atoms with Crippen LogP contribution in [0.15, 0.2) is 23.1 Å². The topological polar surface area (TPSA) is 104 Å². The Labute approximate surface area is 160 Å². The van der Waals surface area contributed by atoms with Crippen LogP contribution in [0.2, 0.25) is 0 Å². The van der Waals surface area contributed by atoms with Crippen molar-refractivity contribution in [2.75, 3.05) is 13.1 Å². The maximum atomic E-state index is 13.0. The molecular formula is C19H28N2O5S. The molecule has 8 heteroatoms. The zero-order valence-corrected chi connectivity index (χ0v) is 16.7. The largest absolute Gasteiger partial charge is 0.481 e. The SMILES string of the molecule is Cc1ccc(S(=O)(=O)N2CCCCC2C)cc1C(=O)NCCCCC(=O)O. The van der Waals surface area contributed by atoms with Crippen LogP contribution in [-0.2, 0) is 14.8 Å². The Bertz CT molecular complexity index is 791. The summed E-state index contributed by atoms with van der Waals surface area (Å²) < 4.78 is 27.5. The maximum absolute atomic E-state index is 13.0. The number of piperidine rings is 1. The van der Waals surface area contributed by atoms with E-state index in [1.54, 1.807) is 19.1 Å². The van der Waals surface area contributed by atoms with Gasteiger partial charge >= 0.3 is 5.97 Å². The van der Waals surface area contributed by atoms with Crippen LogP contribution in [0, 0.1) is 6.92 Å². The van der Waals surface area contributed by atoms with E-state index in [4.69, 9.17) is 5.11 Å². The summed E-state index contributed by atoms with van der Waals surface area (Å²) in [6, 6.07) is 4.60. The first-order chi connectivity index (χ1) is 12.7. The van der Waals surface area contributed by atoms with Gasteiger partial charge in [0.15, 0.2) is 0 Å². The number of carbonyl (C=O) groups excluding carboxylic acids is 1. The Morgan fingerprint density at radius 1 is 1.26 bits per heavy atom. The van der Waals surface area contributed by atoms with Crippen molar-refractivity contribution in [3.05, 3.63) is 29.3 Å². The quantitative estimate of drug-likeness (QED) is 0.657. The predicted octanol–water partition coefficient (Wildman–Crippen LogP) is 2.54. The molecule has 0 saturated carbocycles. The Morgan fingerprint density at radius 3 is 2.67 bits per heavy atom. The Hall–Kier alpha value is -1.93. The number of rotatable bonds is 8. The van der Waals surface area contributed by atoms with Crippen molar-refractivity contribution in [2.24, 2.45) is 0 Å². The third-order valence-electron chi connectivity index (χ3n) is 4.91. The van der Waals surface area contributed by atoms with E-state index in [2.05, 4.69) is 5.32 Å². The van der Waals surface area contributed by atoms with Gasteiger partial charge in [0.05, 0.1) is 4.90 Å². The van der Waals surface area contributed by atoms with Crippen LogP contribution in [0.5, 0.6) is 0 Å². The molecule has 0 aromatic heterocycles. The summed E-state index contributed by atoms with van der Waals surface area (Å²) in [4.78, 5) is 23.1. The summed E-state index contributed by atoms with van der Waals surface area (Å²) >= 11 is 0. The second-order valence-electron chi connectivity index (χ2n) is 7.04. The highest BCUT2D eigenvalue weighted by Crippen LogP contribution is 2.26. The molecule has 0 radical (unpaired) electrons. The van der Waals surface area contributed by atoms with E-state index < -0.39 is 16.0 Å². The van der Waals surface area contributed by atoms with Crippen LogP contribution in [0.4, 0.5) is 0 Å². The maximum Gasteiger partial charge on any atom is 0.303 e. The van der Waals surface area contributed by atoms with Crippen molar-refractivity contribution in [3.8, 4) is 0 Å². The molecule has 150 valence electrons. The van der Waals surface area contributed by atoms with Gasteiger partial charge in [-0.15, -0.1) is 0 Å². The molecule has 1 fully saturated rings. The number of aryl methyl sites for hydroxylation is 1. The molecule has 2 rings (SSSR count). The molecule has 1 amide bonds. The van der Waals surface area contributed by atoms with E-state index >= 15 is 0 Å². The van der Waals surface area contributed by atoms with E-state index in [1.807, 2.05) is 6.92 Å². The molecule has 27 heavy (non-hydrogen) atoms. The van der Waals surface area contributed by atoms with Crippen molar-refractivity contribution in [1.29, 1.82) is 0 Å². The molecule has 1 aromatic rings. The summed E-state index contributed by atoms with van der Waals surface area (Å²) in [5.74, 6) is -1.20. The smallest absolute Gasteiger partial charge is 0.303 e. The van der Waals surface area contributed by atoms with E-state index in [1.165, 1.54) is 10.4 Å². The Kier molecular flexibility index (Phi) is 7.38. The molecule has 0 aliphatic carbocycles. The predicted molar refractivity (Wildman–Crippen MR) is 102 cm³/mol. The van der Waals surface area contributed by atoms with Gasteiger partial charge in [0.25, 0.3) is 5.91 Å². The standard InChI is InChI=1S/C19H28N2O5S/c1-14-9-10-16(27(25,26)21-12-6-4-7-15(21)2)13-17(14)19(24)20-11-5-3-8-18(22)23/h9-10,13,15H,3-8,11-12H2,1-2H3,(H,20,24)(H,22,23). The monoisotopic (exact) mass is 396 g/mol. The average Bonchev–Trinajstić information content (AvgIpc) is 2.61. The van der Waals surface area contributed by atoms with Crippen molar-refractivity contribution < 1.29 is 23.1 Å². The van der Waals surface area contributed by atoms with Gasteiger partial charge in [-0.25, -0.2) is 8.42 Å². The number of hydrogen-bond acceptors (Lipinski definition) is 4. The minimum Gasteiger partial charge on any atom is -0.481 e. The first kappa shape index (κ1) is 21.4. The molecule has 1 aliphatic heterocycles. The van der Waals surface area contributed by atoms with Crippen LogP contribution in [0.3, 0.4) is 0 Å². The summed E-state index contributed by atoms with van der Waals surface area (Å²) in [5, 5.41) is 11.4. The lowest BCUT2D eigenvalue weighted by Gasteiger charge is -2.32. The molecule has 0 bridgehead atoms. The molecule has 1 aliphatic rings. The van der Waals surface area contributed by atoms with Gasteiger partial charge in [-0.1, -0.05) is 12.5 Å². The zero-order chi connectivity index (χ0) is 20.0. The summed E-state index contributed by atoms with van der Waals surface area (Å²) in [5.41, 5.74) is 1.03. The number of carboxylic acid groups (broad SMARTS) is 1. The average molecular weight is 397 g/mol. The molecular weight excluding hydrogens is 368 g/mol. The number of hydrogen-bond donors (Lipinski definition) is 2. The van der Waals surface area contributed by atoms with Crippen LogP contribution in [0.25, 0.3) is 0 Å². The summed E-state index contributed by atoms with van der Waals surface area (Å²) in [6.07, 6.45) is 3.82. The minimum absolute atomic E-state index is 0.0448. The lowest BCUT2D eigenvalue weighted by atomic mass is 10.1. The fraction of sp³-hybridized carbons (Fsp3) is 0.579. The molecule has 1 unspecified atom stereocenters. The first-order valence-electron chi connectivity index (χ1n) is 9.36. The van der Waals surface area contributed by atoms with E-state index in [9.17, 15) is 18.0 Å². The van der Waals surface area contributed by atoms with Gasteiger partial charge < -0.3 is 10.4 Å². The van der Waals surface area contributed by atoms with Crippen LogP contribution < -0.4 is 5.32 Å². The summed E-state index contributed by atoms with van der Waals surface area (Å²) in [7, 11) is -3.63. The number of carboxylic acids is 1. The third-order valence-corrected chi connectivity index (χ3v) is 6.91. The lowest BCUT2D eigenvalue weighted by Crippen LogP contribution is -2.42. The number of unbranched alkanes of at least 4 members (excludes halogenated alkanes) is 1. The van der Waals surface area contributed by atoms with Gasteiger partial charge in [-0.3, -0.25) is 9.59 Å². The number of amides is 1. The van der Waals surface area contributed by atoms with Crippen LogP contribution in [0.1, 0.15) is 61.4 Å². The number of aliphatic carboxylic acids is 1. The van der Waals surface area contributed by atoms with Gasteiger partial charge in [-0.05, 0) is 57.2 Å². The molecule has 0 spiro atoms. The molecule has 1 saturated heterocycles. The molecule has 2 N–H and O–H groups in total. The lowest BCUT2D eigenvalue weighted by molar-refractivity contribution is -0.137. The molecule has 7 nitrogen and oxygen atoms in total. The molecule has 1 atom stereocenters. The van der Waals surface area contributed by atoms with Gasteiger partial charge in [0.1, 0.15) is 0 Å². The second-order valence-corrected chi connectivity index (χ2v) is 8.93. The second kappa shape index (κ2) is 9.32. The van der Waals surface area contributed by atoms with Crippen molar-refractivity contribution in [2.45, 2.75) is 63.3 Å². The molecule has 1 aromatic carbocycles. The highest BCUT2D eigenvalue weighted by Gasteiger charge is 2.31. The minimum atomic E-state index is -3.63. The number of carbonyl (C=O) groups is 2. The summed E-state index contributed by atoms with van der Waals surface area (Å²) in [6.45, 7) is 4.53. The van der Waals surface area contributed by atoms with Crippen molar-refractivity contribution in [3.63, 3.8) is 0 Å². The normalized spacial score (nSPS) is 18.2. The van der Waals surface area contributed by atoms with Gasteiger partial charge in [0.2, 0.25) is 10.0 Å². The van der Waals surface area contributed by atoms with Gasteiger partial charge in [-0.2, -0.15) is 4.31 Å². The third kappa shape index (κ3) is 5.52. The molecule has 1 heterocycles. The Morgan fingerprint density at radius 2 is 2.00 bits per heavy atom. The zero-order valence-electron chi connectivity index (χ0n) is 15.9. The van der Waals surface area contributed by atoms with E-state index in [0.717, 1.165) is 19.3 Å². The van der Waals surface area contributed by atoms with E-state index in [-0.39, 0.29) is 23.3 Å². The highest BCUT2D eigenvalue weighted by molar-refractivity contribution is 7.89. The van der Waals surface area contributed by atoms with Crippen LogP contribution >= 0.6 is 0 Å².